The first-order valence-corrected chi connectivity index (χ1v) is 6.12. The van der Waals surface area contributed by atoms with E-state index >= 15 is 0 Å². The Morgan fingerprint density at radius 1 is 1.69 bits per heavy atom. The van der Waals surface area contributed by atoms with Crippen molar-refractivity contribution in [1.82, 2.24) is 4.90 Å². The van der Waals surface area contributed by atoms with Crippen molar-refractivity contribution in [2.24, 2.45) is 5.73 Å². The molecule has 4 heteroatoms. The van der Waals surface area contributed by atoms with Crippen LogP contribution in [0.2, 0.25) is 0 Å². The van der Waals surface area contributed by atoms with E-state index in [2.05, 4.69) is 32.3 Å². The molecule has 2 rings (SSSR count). The van der Waals surface area contributed by atoms with Gasteiger partial charge in [-0.25, -0.2) is 0 Å². The number of hydrogen-bond acceptors (Lipinski definition) is 3. The van der Waals surface area contributed by atoms with Crippen LogP contribution in [0.25, 0.3) is 0 Å². The van der Waals surface area contributed by atoms with Crippen LogP contribution in [0, 0.1) is 0 Å². The molecular formula is C9H13BrN2S. The molecule has 1 atom stereocenters. The first-order chi connectivity index (χ1) is 6.24. The Labute approximate surface area is 90.9 Å². The number of nitrogens with zero attached hydrogens (tertiary/aromatic N) is 1. The highest BCUT2D eigenvalue weighted by molar-refractivity contribution is 9.10. The van der Waals surface area contributed by atoms with Crippen LogP contribution in [0.15, 0.2) is 15.9 Å². The molecule has 1 aliphatic rings. The van der Waals surface area contributed by atoms with E-state index in [1.54, 1.807) is 0 Å². The van der Waals surface area contributed by atoms with Gasteiger partial charge in [-0.2, -0.15) is 0 Å². The van der Waals surface area contributed by atoms with E-state index in [1.807, 2.05) is 11.3 Å². The van der Waals surface area contributed by atoms with Crippen molar-refractivity contribution >= 4 is 27.3 Å². The van der Waals surface area contributed by atoms with E-state index < -0.39 is 0 Å². The Morgan fingerprint density at radius 3 is 3.08 bits per heavy atom. The van der Waals surface area contributed by atoms with Crippen molar-refractivity contribution in [1.29, 1.82) is 0 Å². The second-order valence-corrected chi connectivity index (χ2v) is 5.43. The predicted molar refractivity (Wildman–Crippen MR) is 59.9 cm³/mol. The Bertz CT molecular complexity index is 287. The van der Waals surface area contributed by atoms with Crippen molar-refractivity contribution in [3.8, 4) is 0 Å². The van der Waals surface area contributed by atoms with Gasteiger partial charge in [0.15, 0.2) is 0 Å². The second-order valence-electron chi connectivity index (χ2n) is 3.52. The molecule has 1 aromatic heterocycles. The van der Waals surface area contributed by atoms with E-state index in [-0.39, 0.29) is 0 Å². The van der Waals surface area contributed by atoms with E-state index in [0.29, 0.717) is 6.04 Å². The van der Waals surface area contributed by atoms with Crippen molar-refractivity contribution in [2.45, 2.75) is 19.0 Å². The molecule has 0 aliphatic carbocycles. The average molecular weight is 261 g/mol. The van der Waals surface area contributed by atoms with Gasteiger partial charge in [0.1, 0.15) is 0 Å². The largest absolute Gasteiger partial charge is 0.326 e. The van der Waals surface area contributed by atoms with Gasteiger partial charge in [0.2, 0.25) is 0 Å². The molecule has 0 saturated carbocycles. The molecule has 1 fully saturated rings. The van der Waals surface area contributed by atoms with Crippen LogP contribution in [0.5, 0.6) is 0 Å². The van der Waals surface area contributed by atoms with Gasteiger partial charge in [-0.15, -0.1) is 11.3 Å². The first kappa shape index (κ1) is 9.65. The molecule has 1 saturated heterocycles. The van der Waals surface area contributed by atoms with Crippen molar-refractivity contribution in [3.05, 3.63) is 20.8 Å². The van der Waals surface area contributed by atoms with Crippen molar-refractivity contribution in [2.75, 3.05) is 13.1 Å². The summed E-state index contributed by atoms with van der Waals surface area (Å²) >= 11 is 5.27. The first-order valence-electron chi connectivity index (χ1n) is 4.45. The normalized spacial score (nSPS) is 24.0. The lowest BCUT2D eigenvalue weighted by Gasteiger charge is -2.12. The minimum atomic E-state index is 0.392. The van der Waals surface area contributed by atoms with Crippen LogP contribution in [0.4, 0.5) is 0 Å². The van der Waals surface area contributed by atoms with Crippen LogP contribution in [0.1, 0.15) is 11.3 Å². The number of halogens is 1. The maximum Gasteiger partial charge on any atom is 0.0328 e. The molecule has 1 aromatic rings. The molecular weight excluding hydrogens is 248 g/mol. The summed E-state index contributed by atoms with van der Waals surface area (Å²) in [5.41, 5.74) is 5.84. The van der Waals surface area contributed by atoms with E-state index in [4.69, 9.17) is 5.73 Å². The summed E-state index contributed by atoms with van der Waals surface area (Å²) in [4.78, 5) is 3.84. The molecule has 1 aliphatic heterocycles. The maximum absolute atomic E-state index is 5.84. The summed E-state index contributed by atoms with van der Waals surface area (Å²) in [7, 11) is 0. The van der Waals surface area contributed by atoms with Crippen molar-refractivity contribution < 1.29 is 0 Å². The Hall–Kier alpha value is 0.1000. The Kier molecular flexibility index (Phi) is 3.03. The van der Waals surface area contributed by atoms with Gasteiger partial charge in [-0.3, -0.25) is 4.90 Å². The van der Waals surface area contributed by atoms with Gasteiger partial charge < -0.3 is 5.73 Å². The van der Waals surface area contributed by atoms with Crippen LogP contribution < -0.4 is 5.73 Å². The van der Waals surface area contributed by atoms with Gasteiger partial charge in [0.25, 0.3) is 0 Å². The third-order valence-electron chi connectivity index (χ3n) is 2.31. The minimum Gasteiger partial charge on any atom is -0.326 e. The van der Waals surface area contributed by atoms with Gasteiger partial charge in [0.05, 0.1) is 0 Å². The molecule has 0 aromatic carbocycles. The Morgan fingerprint density at radius 2 is 2.54 bits per heavy atom. The molecule has 0 bridgehead atoms. The highest BCUT2D eigenvalue weighted by atomic mass is 79.9. The van der Waals surface area contributed by atoms with E-state index in [9.17, 15) is 0 Å². The summed E-state index contributed by atoms with van der Waals surface area (Å²) in [6.45, 7) is 3.26. The molecule has 72 valence electrons. The van der Waals surface area contributed by atoms with Gasteiger partial charge in [-0.05, 0) is 28.4 Å². The average Bonchev–Trinajstić information content (AvgIpc) is 2.62. The second kappa shape index (κ2) is 4.09. The topological polar surface area (TPSA) is 29.3 Å². The molecule has 13 heavy (non-hydrogen) atoms. The standard InChI is InChI=1S/C9H13BrN2S/c10-7-3-9(13-6-7)5-12-2-1-8(11)4-12/h3,6,8H,1-2,4-5,11H2. The smallest absolute Gasteiger partial charge is 0.0328 e. The summed E-state index contributed by atoms with van der Waals surface area (Å²) in [5.74, 6) is 0. The fraction of sp³-hybridized carbons (Fsp3) is 0.556. The lowest BCUT2D eigenvalue weighted by Crippen LogP contribution is -2.25. The minimum absolute atomic E-state index is 0.392. The monoisotopic (exact) mass is 260 g/mol. The zero-order valence-electron chi connectivity index (χ0n) is 7.37. The highest BCUT2D eigenvalue weighted by Gasteiger charge is 2.19. The van der Waals surface area contributed by atoms with Gasteiger partial charge in [-0.1, -0.05) is 0 Å². The zero-order valence-corrected chi connectivity index (χ0v) is 9.77. The van der Waals surface area contributed by atoms with Gasteiger partial charge >= 0.3 is 0 Å². The van der Waals surface area contributed by atoms with Crippen molar-refractivity contribution in [3.63, 3.8) is 0 Å². The molecule has 1 unspecified atom stereocenters. The fourth-order valence-electron chi connectivity index (χ4n) is 1.66. The predicted octanol–water partition coefficient (Wildman–Crippen LogP) is 2.04. The maximum atomic E-state index is 5.84. The van der Waals surface area contributed by atoms with E-state index in [1.165, 1.54) is 9.35 Å². The summed E-state index contributed by atoms with van der Waals surface area (Å²) in [6, 6.07) is 2.58. The summed E-state index contributed by atoms with van der Waals surface area (Å²) < 4.78 is 1.19. The van der Waals surface area contributed by atoms with Crippen LogP contribution in [0.3, 0.4) is 0 Å². The lowest BCUT2D eigenvalue weighted by atomic mass is 10.3. The number of rotatable bonds is 2. The van der Waals surface area contributed by atoms with E-state index in [0.717, 1.165) is 26.1 Å². The molecule has 2 heterocycles. The molecule has 0 spiro atoms. The number of nitrogens with two attached hydrogens (primary N) is 1. The SMILES string of the molecule is NC1CCN(Cc2cc(Br)cs2)C1. The molecule has 0 radical (unpaired) electrons. The number of hydrogen-bond donors (Lipinski definition) is 1. The number of thiophene rings is 1. The lowest BCUT2D eigenvalue weighted by molar-refractivity contribution is 0.330. The molecule has 0 amide bonds. The third-order valence-corrected chi connectivity index (χ3v) is 3.99. The van der Waals surface area contributed by atoms with Crippen LogP contribution in [-0.2, 0) is 6.54 Å². The molecule has 2 N–H and O–H groups in total. The fourth-order valence-corrected chi connectivity index (χ4v) is 3.16. The Balaban J connectivity index is 1.91. The quantitative estimate of drug-likeness (QED) is 0.882. The summed E-state index contributed by atoms with van der Waals surface area (Å²) in [5, 5.41) is 2.13. The molecule has 2 nitrogen and oxygen atoms in total. The van der Waals surface area contributed by atoms with Crippen LogP contribution in [-0.4, -0.2) is 24.0 Å². The third kappa shape index (κ3) is 2.53. The van der Waals surface area contributed by atoms with Crippen LogP contribution >= 0.6 is 27.3 Å². The zero-order chi connectivity index (χ0) is 9.26. The summed E-state index contributed by atoms with van der Waals surface area (Å²) in [6.07, 6.45) is 1.15. The highest BCUT2D eigenvalue weighted by Crippen LogP contribution is 2.22. The van der Waals surface area contributed by atoms with Gasteiger partial charge in [0, 0.05) is 40.4 Å². The number of likely N-dealkylation sites (tertiary alicyclic amines) is 1.